The Morgan fingerprint density at radius 3 is 1.54 bits per heavy atom. The number of carbonyl (C=O) groups is 4. The Kier molecular flexibility index (Phi) is 3.74. The van der Waals surface area contributed by atoms with Gasteiger partial charge in [0.1, 0.15) is 0 Å². The number of amides is 6. The Morgan fingerprint density at radius 2 is 1.15 bits per heavy atom. The molecule has 0 aromatic heterocycles. The summed E-state index contributed by atoms with van der Waals surface area (Å²) in [6, 6.07) is -2.22. The summed E-state index contributed by atoms with van der Waals surface area (Å²) in [4.78, 5) is 53.4. The summed E-state index contributed by atoms with van der Waals surface area (Å²) in [6.07, 6.45) is 0. The standard InChI is InChI=1S/C16H22N4O6/c1-15-9-10-16(15,2)12(22)18-14(24)20(10)4-6-26-8-7-25-5-3-19(9)13(23)17-11(15)21/h9-10H,3-8H2,1-2H3,(H,17,21,23)(H,18,22,24)/t9-,10-,15+,16+/m0/s1. The maximum atomic E-state index is 12.7. The van der Waals surface area contributed by atoms with Crippen molar-refractivity contribution in [3.05, 3.63) is 0 Å². The van der Waals surface area contributed by atoms with Gasteiger partial charge in [0.15, 0.2) is 0 Å². The number of imide groups is 2. The topological polar surface area (TPSA) is 117 Å². The molecular weight excluding hydrogens is 344 g/mol. The van der Waals surface area contributed by atoms with Gasteiger partial charge in [-0.05, 0) is 13.8 Å². The van der Waals surface area contributed by atoms with E-state index in [1.54, 1.807) is 13.8 Å². The van der Waals surface area contributed by atoms with E-state index >= 15 is 0 Å². The molecule has 10 nitrogen and oxygen atoms in total. The predicted molar refractivity (Wildman–Crippen MR) is 85.9 cm³/mol. The normalized spacial score (nSPS) is 40.5. The lowest BCUT2D eigenvalue weighted by Gasteiger charge is -2.71. The predicted octanol–water partition coefficient (Wildman–Crippen LogP) is -1.10. The van der Waals surface area contributed by atoms with Crippen LogP contribution in [0.15, 0.2) is 0 Å². The van der Waals surface area contributed by atoms with Gasteiger partial charge in [-0.3, -0.25) is 20.2 Å². The van der Waals surface area contributed by atoms with Gasteiger partial charge in [-0.15, -0.1) is 0 Å². The number of nitrogens with one attached hydrogen (secondary N) is 2. The Balaban J connectivity index is 1.79. The minimum atomic E-state index is -1.14. The zero-order valence-corrected chi connectivity index (χ0v) is 14.7. The molecule has 6 amide bonds. The first-order chi connectivity index (χ1) is 12.3. The van der Waals surface area contributed by atoms with Crippen molar-refractivity contribution in [3.63, 3.8) is 0 Å². The van der Waals surface area contributed by atoms with Gasteiger partial charge < -0.3 is 19.3 Å². The van der Waals surface area contributed by atoms with E-state index in [-0.39, 0.29) is 26.3 Å². The molecule has 142 valence electrons. The van der Waals surface area contributed by atoms with Crippen LogP contribution >= 0.6 is 0 Å². The second kappa shape index (κ2) is 5.65. The minimum Gasteiger partial charge on any atom is -0.377 e. The number of hydrogen-bond acceptors (Lipinski definition) is 6. The van der Waals surface area contributed by atoms with Gasteiger partial charge in [0.05, 0.1) is 49.3 Å². The molecule has 2 N–H and O–H groups in total. The van der Waals surface area contributed by atoms with Crippen molar-refractivity contribution in [2.75, 3.05) is 39.5 Å². The molecule has 4 atom stereocenters. The summed E-state index contributed by atoms with van der Waals surface area (Å²) < 4.78 is 11.0. The summed E-state index contributed by atoms with van der Waals surface area (Å²) in [7, 11) is 0. The lowest BCUT2D eigenvalue weighted by atomic mass is 9.42. The van der Waals surface area contributed by atoms with E-state index in [0.29, 0.717) is 13.2 Å². The second-order valence-corrected chi connectivity index (χ2v) is 7.42. The zero-order valence-electron chi connectivity index (χ0n) is 14.7. The highest BCUT2D eigenvalue weighted by Crippen LogP contribution is 2.62. The Labute approximate surface area is 150 Å². The first-order valence-corrected chi connectivity index (χ1v) is 8.73. The molecule has 3 aliphatic heterocycles. The first-order valence-electron chi connectivity index (χ1n) is 8.73. The SMILES string of the molecule is C[C@@]12C(=O)NC(=O)N3CCOCCOCCN4C(=O)NC(=O)[C@@]1(C)[C@@H]4[C@H]32. The molecule has 0 bridgehead atoms. The van der Waals surface area contributed by atoms with E-state index in [2.05, 4.69) is 10.6 Å². The molecule has 3 saturated heterocycles. The Bertz CT molecular complexity index is 640. The highest BCUT2D eigenvalue weighted by Gasteiger charge is 2.80. The van der Waals surface area contributed by atoms with E-state index in [1.165, 1.54) is 9.80 Å². The Morgan fingerprint density at radius 1 is 0.769 bits per heavy atom. The van der Waals surface area contributed by atoms with Gasteiger partial charge in [-0.25, -0.2) is 9.59 Å². The fraction of sp³-hybridized carbons (Fsp3) is 0.750. The molecule has 0 aromatic carbocycles. The van der Waals surface area contributed by atoms with Crippen molar-refractivity contribution >= 4 is 23.9 Å². The number of urea groups is 2. The molecular formula is C16H22N4O6. The highest BCUT2D eigenvalue weighted by molar-refractivity contribution is 6.10. The largest absolute Gasteiger partial charge is 0.377 e. The number of hydrogen-bond donors (Lipinski definition) is 2. The molecule has 4 rings (SSSR count). The van der Waals surface area contributed by atoms with Crippen molar-refractivity contribution in [1.29, 1.82) is 0 Å². The van der Waals surface area contributed by atoms with Crippen LogP contribution in [0.25, 0.3) is 0 Å². The molecule has 0 radical (unpaired) electrons. The molecule has 0 aromatic rings. The summed E-state index contributed by atoms with van der Waals surface area (Å²) in [6.45, 7) is 5.19. The smallest absolute Gasteiger partial charge is 0.324 e. The third-order valence-electron chi connectivity index (χ3n) is 6.46. The third-order valence-corrected chi connectivity index (χ3v) is 6.46. The molecule has 0 spiro atoms. The van der Waals surface area contributed by atoms with E-state index in [0.717, 1.165) is 0 Å². The van der Waals surface area contributed by atoms with Gasteiger partial charge >= 0.3 is 12.1 Å². The molecule has 26 heavy (non-hydrogen) atoms. The number of fused-ring (bicyclic) bond motifs is 1. The number of rotatable bonds is 0. The molecule has 4 fully saturated rings. The van der Waals surface area contributed by atoms with Crippen LogP contribution in [0.4, 0.5) is 9.59 Å². The average molecular weight is 366 g/mol. The van der Waals surface area contributed by atoms with Crippen LogP contribution in [0.5, 0.6) is 0 Å². The van der Waals surface area contributed by atoms with Crippen LogP contribution < -0.4 is 10.6 Å². The lowest BCUT2D eigenvalue weighted by molar-refractivity contribution is -0.215. The van der Waals surface area contributed by atoms with E-state index in [1.807, 2.05) is 0 Å². The van der Waals surface area contributed by atoms with Crippen molar-refractivity contribution in [2.45, 2.75) is 25.9 Å². The monoisotopic (exact) mass is 366 g/mol. The van der Waals surface area contributed by atoms with E-state index in [9.17, 15) is 19.2 Å². The van der Waals surface area contributed by atoms with Gasteiger partial charge in [0.25, 0.3) is 0 Å². The molecule has 0 unspecified atom stereocenters. The molecule has 4 aliphatic rings. The first kappa shape index (κ1) is 17.2. The van der Waals surface area contributed by atoms with Crippen LogP contribution in [0.1, 0.15) is 13.8 Å². The molecule has 10 heteroatoms. The molecule has 1 saturated carbocycles. The van der Waals surface area contributed by atoms with Crippen LogP contribution in [-0.2, 0) is 19.1 Å². The van der Waals surface area contributed by atoms with Crippen molar-refractivity contribution in [3.8, 4) is 0 Å². The van der Waals surface area contributed by atoms with Crippen LogP contribution in [0, 0.1) is 10.8 Å². The van der Waals surface area contributed by atoms with Crippen molar-refractivity contribution in [1.82, 2.24) is 20.4 Å². The van der Waals surface area contributed by atoms with Gasteiger partial charge in [-0.2, -0.15) is 0 Å². The van der Waals surface area contributed by atoms with Crippen LogP contribution in [0.3, 0.4) is 0 Å². The summed E-state index contributed by atoms with van der Waals surface area (Å²) >= 11 is 0. The lowest BCUT2D eigenvalue weighted by Crippen LogP contribution is -2.91. The zero-order chi connectivity index (χ0) is 18.7. The number of ether oxygens (including phenoxy) is 2. The second-order valence-electron chi connectivity index (χ2n) is 7.42. The maximum Gasteiger partial charge on any atom is 0.324 e. The average Bonchev–Trinajstić information content (AvgIpc) is 2.58. The van der Waals surface area contributed by atoms with Crippen molar-refractivity contribution in [2.24, 2.45) is 10.8 Å². The maximum absolute atomic E-state index is 12.7. The van der Waals surface area contributed by atoms with Gasteiger partial charge in [-0.1, -0.05) is 0 Å². The fourth-order valence-electron chi connectivity index (χ4n) is 4.83. The quantitative estimate of drug-likeness (QED) is 0.562. The molecule has 3 heterocycles. The summed E-state index contributed by atoms with van der Waals surface area (Å²) in [5.74, 6) is -0.979. The van der Waals surface area contributed by atoms with E-state index in [4.69, 9.17) is 9.47 Å². The van der Waals surface area contributed by atoms with Gasteiger partial charge in [0.2, 0.25) is 11.8 Å². The number of nitrogens with zero attached hydrogens (tertiary/aromatic N) is 2. The molecule has 1 aliphatic carbocycles. The summed E-state index contributed by atoms with van der Waals surface area (Å²) in [5.41, 5.74) is -2.28. The fourth-order valence-corrected chi connectivity index (χ4v) is 4.83. The van der Waals surface area contributed by atoms with Crippen LogP contribution in [0.2, 0.25) is 0 Å². The summed E-state index contributed by atoms with van der Waals surface area (Å²) in [5, 5.41) is 4.73. The number of carbonyl (C=O) groups excluding carboxylic acids is 4. The van der Waals surface area contributed by atoms with Gasteiger partial charge in [0, 0.05) is 13.1 Å². The van der Waals surface area contributed by atoms with E-state index < -0.39 is 46.8 Å². The Hall–Kier alpha value is -2.20. The minimum absolute atomic E-state index is 0.260. The van der Waals surface area contributed by atoms with Crippen LogP contribution in [-0.4, -0.2) is 85.3 Å². The highest BCUT2D eigenvalue weighted by atomic mass is 16.5. The third kappa shape index (κ3) is 1.94. The van der Waals surface area contributed by atoms with Crippen molar-refractivity contribution < 1.29 is 28.7 Å².